The standard InChI is InChI=1S/C19H23F4N3O2/c20-18(21)5-1-11(2-6-18)13-3-7-19(22,23)10-14(13)17(28)26-12-4-8-25-15(9-12)16(24)27/h4,8-9,11,13-14H,1-3,5-7,10H2,(H2,24,27)(H,25,26,28)/t13-,14+/m0/s1. The van der Waals surface area contributed by atoms with Gasteiger partial charge in [-0.05, 0) is 43.2 Å². The number of anilines is 1. The van der Waals surface area contributed by atoms with Gasteiger partial charge in [0.15, 0.2) is 0 Å². The summed E-state index contributed by atoms with van der Waals surface area (Å²) >= 11 is 0. The molecule has 0 spiro atoms. The zero-order valence-electron chi connectivity index (χ0n) is 15.3. The molecule has 3 rings (SSSR count). The van der Waals surface area contributed by atoms with E-state index in [4.69, 9.17) is 5.73 Å². The van der Waals surface area contributed by atoms with Crippen LogP contribution in [0.25, 0.3) is 0 Å². The minimum Gasteiger partial charge on any atom is -0.364 e. The molecule has 1 aromatic heterocycles. The molecule has 0 bridgehead atoms. The average Bonchev–Trinajstić information content (AvgIpc) is 2.61. The highest BCUT2D eigenvalue weighted by Gasteiger charge is 2.48. The maximum absolute atomic E-state index is 14.0. The molecule has 1 aromatic rings. The van der Waals surface area contributed by atoms with Crippen LogP contribution in [0.3, 0.4) is 0 Å². The lowest BCUT2D eigenvalue weighted by atomic mass is 9.66. The number of aromatic nitrogens is 1. The summed E-state index contributed by atoms with van der Waals surface area (Å²) in [6.07, 6.45) is 0.383. The van der Waals surface area contributed by atoms with Crippen molar-refractivity contribution < 1.29 is 27.2 Å². The van der Waals surface area contributed by atoms with E-state index in [9.17, 15) is 27.2 Å². The van der Waals surface area contributed by atoms with E-state index in [0.717, 1.165) is 0 Å². The second kappa shape index (κ2) is 7.67. The molecular weight excluding hydrogens is 378 g/mol. The number of rotatable bonds is 4. The number of pyridine rings is 1. The number of nitrogens with two attached hydrogens (primary N) is 1. The summed E-state index contributed by atoms with van der Waals surface area (Å²) in [5, 5.41) is 2.56. The van der Waals surface area contributed by atoms with Gasteiger partial charge in [-0.25, -0.2) is 17.6 Å². The number of carbonyl (C=O) groups excluding carboxylic acids is 2. The first kappa shape index (κ1) is 20.5. The third-order valence-corrected chi connectivity index (χ3v) is 5.86. The Morgan fingerprint density at radius 1 is 1.07 bits per heavy atom. The van der Waals surface area contributed by atoms with Crippen molar-refractivity contribution in [3.63, 3.8) is 0 Å². The lowest BCUT2D eigenvalue weighted by molar-refractivity contribution is -0.136. The van der Waals surface area contributed by atoms with E-state index >= 15 is 0 Å². The fourth-order valence-corrected chi connectivity index (χ4v) is 4.37. The monoisotopic (exact) mass is 401 g/mol. The van der Waals surface area contributed by atoms with Gasteiger partial charge >= 0.3 is 0 Å². The Morgan fingerprint density at radius 2 is 1.71 bits per heavy atom. The van der Waals surface area contributed by atoms with Gasteiger partial charge < -0.3 is 11.1 Å². The third kappa shape index (κ3) is 4.80. The second-order valence-electron chi connectivity index (χ2n) is 7.85. The molecule has 2 amide bonds. The number of hydrogen-bond donors (Lipinski definition) is 2. The van der Waals surface area contributed by atoms with Crippen molar-refractivity contribution in [2.24, 2.45) is 23.5 Å². The first-order chi connectivity index (χ1) is 13.1. The van der Waals surface area contributed by atoms with Crippen LogP contribution in [0.5, 0.6) is 0 Å². The second-order valence-corrected chi connectivity index (χ2v) is 7.85. The smallest absolute Gasteiger partial charge is 0.267 e. The summed E-state index contributed by atoms with van der Waals surface area (Å²) in [5.41, 5.74) is 5.33. The van der Waals surface area contributed by atoms with Crippen molar-refractivity contribution in [2.75, 3.05) is 5.32 Å². The van der Waals surface area contributed by atoms with Gasteiger partial charge in [-0.3, -0.25) is 14.6 Å². The van der Waals surface area contributed by atoms with Crippen LogP contribution in [-0.4, -0.2) is 28.6 Å². The average molecular weight is 401 g/mol. The molecule has 2 saturated carbocycles. The highest BCUT2D eigenvalue weighted by molar-refractivity contribution is 5.95. The SMILES string of the molecule is NC(=O)c1cc(NC(=O)[C@@H]2CC(F)(F)CC[C@H]2C2CCC(F)(F)CC2)ccn1. The highest BCUT2D eigenvalue weighted by Crippen LogP contribution is 2.49. The molecule has 2 atom stereocenters. The van der Waals surface area contributed by atoms with Crippen LogP contribution < -0.4 is 11.1 Å². The van der Waals surface area contributed by atoms with Gasteiger partial charge in [0.05, 0.1) is 0 Å². The van der Waals surface area contributed by atoms with Crippen LogP contribution in [0.2, 0.25) is 0 Å². The zero-order valence-corrected chi connectivity index (χ0v) is 15.3. The Morgan fingerprint density at radius 3 is 2.36 bits per heavy atom. The van der Waals surface area contributed by atoms with Crippen molar-refractivity contribution in [1.82, 2.24) is 4.98 Å². The molecule has 2 aliphatic carbocycles. The van der Waals surface area contributed by atoms with Crippen molar-refractivity contribution in [2.45, 2.75) is 56.8 Å². The van der Waals surface area contributed by atoms with Gasteiger partial charge in [0.1, 0.15) is 5.69 Å². The first-order valence-electron chi connectivity index (χ1n) is 9.39. The summed E-state index contributed by atoms with van der Waals surface area (Å²) in [5.74, 6) is -8.57. The molecule has 3 N–H and O–H groups in total. The molecular formula is C19H23F4N3O2. The Hall–Kier alpha value is -2.19. The number of alkyl halides is 4. The van der Waals surface area contributed by atoms with Gasteiger partial charge in [0, 0.05) is 43.5 Å². The van der Waals surface area contributed by atoms with Gasteiger partial charge in [-0.2, -0.15) is 0 Å². The van der Waals surface area contributed by atoms with E-state index in [0.29, 0.717) is 0 Å². The van der Waals surface area contributed by atoms with E-state index < -0.39 is 36.0 Å². The number of hydrogen-bond acceptors (Lipinski definition) is 3. The summed E-state index contributed by atoms with van der Waals surface area (Å²) < 4.78 is 55.0. The van der Waals surface area contributed by atoms with Crippen molar-refractivity contribution >= 4 is 17.5 Å². The molecule has 0 unspecified atom stereocenters. The fraction of sp³-hybridized carbons (Fsp3) is 0.632. The number of nitrogens with zero attached hydrogens (tertiary/aromatic N) is 1. The summed E-state index contributed by atoms with van der Waals surface area (Å²) in [4.78, 5) is 27.8. The van der Waals surface area contributed by atoms with E-state index in [1.165, 1.54) is 18.3 Å². The molecule has 9 heteroatoms. The number of nitrogens with one attached hydrogen (secondary N) is 1. The van der Waals surface area contributed by atoms with Crippen LogP contribution in [-0.2, 0) is 4.79 Å². The van der Waals surface area contributed by atoms with Crippen LogP contribution >= 0.6 is 0 Å². The van der Waals surface area contributed by atoms with Gasteiger partial charge in [-0.15, -0.1) is 0 Å². The Labute approximate surface area is 160 Å². The number of carbonyl (C=O) groups is 2. The quantitative estimate of drug-likeness (QED) is 0.748. The Bertz CT molecular complexity index is 746. The molecule has 0 aromatic carbocycles. The molecule has 0 radical (unpaired) electrons. The predicted molar refractivity (Wildman–Crippen MR) is 94.1 cm³/mol. The van der Waals surface area contributed by atoms with Gasteiger partial charge in [-0.1, -0.05) is 0 Å². The van der Waals surface area contributed by atoms with Crippen molar-refractivity contribution in [1.29, 1.82) is 0 Å². The molecule has 0 aliphatic heterocycles. The predicted octanol–water partition coefficient (Wildman–Crippen LogP) is 4.00. The summed E-state index contributed by atoms with van der Waals surface area (Å²) in [6.45, 7) is 0. The minimum atomic E-state index is -2.96. The fourth-order valence-electron chi connectivity index (χ4n) is 4.37. The Balaban J connectivity index is 1.75. The van der Waals surface area contributed by atoms with Crippen molar-refractivity contribution in [3.05, 3.63) is 24.0 Å². The van der Waals surface area contributed by atoms with Gasteiger partial charge in [0.25, 0.3) is 5.91 Å². The van der Waals surface area contributed by atoms with E-state index in [1.807, 2.05) is 0 Å². The first-order valence-corrected chi connectivity index (χ1v) is 9.39. The highest BCUT2D eigenvalue weighted by atomic mass is 19.3. The van der Waals surface area contributed by atoms with Crippen LogP contribution in [0.1, 0.15) is 55.4 Å². The largest absolute Gasteiger partial charge is 0.364 e. The van der Waals surface area contributed by atoms with E-state index in [2.05, 4.69) is 10.3 Å². The molecule has 2 aliphatic rings. The van der Waals surface area contributed by atoms with Crippen LogP contribution in [0, 0.1) is 17.8 Å². The molecule has 28 heavy (non-hydrogen) atoms. The minimum absolute atomic E-state index is 0.0576. The normalized spacial score (nSPS) is 27.1. The molecule has 1 heterocycles. The topological polar surface area (TPSA) is 85.1 Å². The molecule has 154 valence electrons. The lowest BCUT2D eigenvalue weighted by Crippen LogP contribution is -2.43. The zero-order chi connectivity index (χ0) is 20.5. The van der Waals surface area contributed by atoms with Crippen LogP contribution in [0.15, 0.2) is 18.3 Å². The molecule has 2 fully saturated rings. The third-order valence-electron chi connectivity index (χ3n) is 5.86. The number of amides is 2. The number of primary amides is 1. The van der Waals surface area contributed by atoms with E-state index in [1.54, 1.807) is 0 Å². The Kier molecular flexibility index (Phi) is 5.63. The summed E-state index contributed by atoms with van der Waals surface area (Å²) in [6, 6.07) is 2.71. The summed E-state index contributed by atoms with van der Waals surface area (Å²) in [7, 11) is 0. The van der Waals surface area contributed by atoms with Crippen molar-refractivity contribution in [3.8, 4) is 0 Å². The lowest BCUT2D eigenvalue weighted by Gasteiger charge is -2.42. The maximum Gasteiger partial charge on any atom is 0.267 e. The van der Waals surface area contributed by atoms with Crippen LogP contribution in [0.4, 0.5) is 23.2 Å². The number of halogens is 4. The van der Waals surface area contributed by atoms with Gasteiger partial charge in [0.2, 0.25) is 17.8 Å². The molecule has 0 saturated heterocycles. The van der Waals surface area contributed by atoms with E-state index in [-0.39, 0.29) is 61.7 Å². The maximum atomic E-state index is 14.0. The molecule has 5 nitrogen and oxygen atoms in total.